The topological polar surface area (TPSA) is 61.6 Å². The molecule has 0 aliphatic heterocycles. The van der Waals surface area contributed by atoms with Gasteiger partial charge in [0.05, 0.1) is 4.92 Å². The summed E-state index contributed by atoms with van der Waals surface area (Å²) in [5.74, 6) is -0.142. The van der Waals surface area contributed by atoms with E-state index in [1.165, 1.54) is 12.1 Å². The molecule has 9 heteroatoms. The van der Waals surface area contributed by atoms with Crippen molar-refractivity contribution in [3.05, 3.63) is 33.9 Å². The zero-order chi connectivity index (χ0) is 14.5. The van der Waals surface area contributed by atoms with E-state index in [0.29, 0.717) is 10.9 Å². The fourth-order valence-corrected chi connectivity index (χ4v) is 1.52. The maximum Gasteiger partial charge on any atom is 0.411 e. The van der Waals surface area contributed by atoms with Gasteiger partial charge in [-0.2, -0.15) is 13.2 Å². The largest absolute Gasteiger partial charge is 0.460 e. The van der Waals surface area contributed by atoms with Crippen LogP contribution < -0.4 is 4.74 Å². The Kier molecular flexibility index (Phi) is 5.55. The van der Waals surface area contributed by atoms with Crippen molar-refractivity contribution >= 4 is 21.6 Å². The summed E-state index contributed by atoms with van der Waals surface area (Å²) in [5, 5.41) is 11.2. The molecule has 0 saturated heterocycles. The maximum atomic E-state index is 11.8. The molecule has 0 spiro atoms. The molecule has 0 radical (unpaired) electrons. The summed E-state index contributed by atoms with van der Waals surface area (Å²) in [6.45, 7) is -2.19. The van der Waals surface area contributed by atoms with Crippen LogP contribution in [-0.4, -0.2) is 24.5 Å². The molecular formula is C10H9BrF3NO4. The summed E-state index contributed by atoms with van der Waals surface area (Å²) in [7, 11) is 0. The zero-order valence-electron chi connectivity index (χ0n) is 9.45. The van der Waals surface area contributed by atoms with Gasteiger partial charge in [-0.25, -0.2) is 0 Å². The van der Waals surface area contributed by atoms with Gasteiger partial charge >= 0.3 is 11.9 Å². The molecule has 0 atom stereocenters. The van der Waals surface area contributed by atoms with E-state index in [1.807, 2.05) is 0 Å². The van der Waals surface area contributed by atoms with Gasteiger partial charge in [-0.3, -0.25) is 10.1 Å². The predicted octanol–water partition coefficient (Wildman–Crippen LogP) is 3.40. The lowest BCUT2D eigenvalue weighted by Crippen LogP contribution is -2.19. The van der Waals surface area contributed by atoms with Crippen LogP contribution in [0.1, 0.15) is 5.56 Å². The molecule has 1 aromatic rings. The summed E-state index contributed by atoms with van der Waals surface area (Å²) >= 11 is 3.14. The fourth-order valence-electron chi connectivity index (χ4n) is 1.17. The number of halogens is 4. The van der Waals surface area contributed by atoms with E-state index in [0.717, 1.165) is 0 Å². The highest BCUT2D eigenvalue weighted by Crippen LogP contribution is 2.28. The van der Waals surface area contributed by atoms with Gasteiger partial charge in [-0.15, -0.1) is 0 Å². The van der Waals surface area contributed by atoms with Gasteiger partial charge in [0, 0.05) is 11.4 Å². The number of rotatable bonds is 6. The first-order valence-electron chi connectivity index (χ1n) is 4.94. The number of alkyl halides is 4. The highest BCUT2D eigenvalue weighted by molar-refractivity contribution is 9.08. The second-order valence-corrected chi connectivity index (χ2v) is 3.98. The number of ether oxygens (including phenoxy) is 2. The first-order chi connectivity index (χ1) is 8.83. The van der Waals surface area contributed by atoms with Crippen LogP contribution in [0.25, 0.3) is 0 Å². The van der Waals surface area contributed by atoms with Gasteiger partial charge in [-0.1, -0.05) is 22.0 Å². The molecule has 0 saturated carbocycles. The molecule has 0 amide bonds. The minimum atomic E-state index is -4.46. The Labute approximate surface area is 114 Å². The number of nitro benzene ring substituents is 1. The average molecular weight is 344 g/mol. The summed E-state index contributed by atoms with van der Waals surface area (Å²) in [6.07, 6.45) is -4.46. The van der Waals surface area contributed by atoms with Crippen molar-refractivity contribution in [1.29, 1.82) is 0 Å². The van der Waals surface area contributed by atoms with Crippen molar-refractivity contribution < 1.29 is 27.6 Å². The number of nitrogens with zero attached hydrogens (tertiary/aromatic N) is 1. The predicted molar refractivity (Wildman–Crippen MR) is 63.2 cm³/mol. The molecule has 0 aromatic heterocycles. The van der Waals surface area contributed by atoms with Gasteiger partial charge in [0.15, 0.2) is 12.5 Å². The third-order valence-corrected chi connectivity index (χ3v) is 2.59. The molecule has 19 heavy (non-hydrogen) atoms. The van der Waals surface area contributed by atoms with E-state index in [4.69, 9.17) is 4.74 Å². The molecule has 0 aliphatic carbocycles. The van der Waals surface area contributed by atoms with Crippen molar-refractivity contribution in [2.24, 2.45) is 0 Å². The Morgan fingerprint density at radius 1 is 1.37 bits per heavy atom. The van der Waals surface area contributed by atoms with Crippen LogP contribution in [0.4, 0.5) is 18.9 Å². The lowest BCUT2D eigenvalue weighted by Gasteiger charge is -2.09. The molecule has 0 fully saturated rings. The molecule has 0 unspecified atom stereocenters. The van der Waals surface area contributed by atoms with E-state index in [2.05, 4.69) is 20.7 Å². The van der Waals surface area contributed by atoms with Gasteiger partial charge in [0.2, 0.25) is 0 Å². The second kappa shape index (κ2) is 6.71. The summed E-state index contributed by atoms with van der Waals surface area (Å²) in [5.41, 5.74) is 0.322. The number of benzene rings is 1. The first kappa shape index (κ1) is 15.7. The van der Waals surface area contributed by atoms with Crippen molar-refractivity contribution in [1.82, 2.24) is 0 Å². The first-order valence-corrected chi connectivity index (χ1v) is 6.06. The second-order valence-electron chi connectivity index (χ2n) is 3.42. The number of hydrogen-bond donors (Lipinski definition) is 0. The van der Waals surface area contributed by atoms with Crippen LogP contribution in [0.2, 0.25) is 0 Å². The Hall–Kier alpha value is -1.35. The highest BCUT2D eigenvalue weighted by atomic mass is 79.9. The van der Waals surface area contributed by atoms with Gasteiger partial charge in [0.25, 0.3) is 0 Å². The standard InChI is InChI=1S/C10H9BrF3NO4/c11-4-7-1-2-9(8(3-7)15(16)17)19-6-18-5-10(12,13)14/h1-3H,4-6H2. The normalized spacial score (nSPS) is 11.4. The van der Waals surface area contributed by atoms with E-state index >= 15 is 0 Å². The number of hydrogen-bond acceptors (Lipinski definition) is 4. The zero-order valence-corrected chi connectivity index (χ0v) is 11.0. The lowest BCUT2D eigenvalue weighted by molar-refractivity contribution is -0.386. The van der Waals surface area contributed by atoms with E-state index in [9.17, 15) is 23.3 Å². The Morgan fingerprint density at radius 2 is 2.05 bits per heavy atom. The number of nitro groups is 1. The third-order valence-electron chi connectivity index (χ3n) is 1.94. The fraction of sp³-hybridized carbons (Fsp3) is 0.400. The molecule has 5 nitrogen and oxygen atoms in total. The van der Waals surface area contributed by atoms with E-state index in [-0.39, 0.29) is 11.4 Å². The molecular weight excluding hydrogens is 335 g/mol. The van der Waals surface area contributed by atoms with E-state index < -0.39 is 24.5 Å². The Bertz CT molecular complexity index is 453. The van der Waals surface area contributed by atoms with Crippen molar-refractivity contribution in [3.63, 3.8) is 0 Å². The van der Waals surface area contributed by atoms with Crippen molar-refractivity contribution in [3.8, 4) is 5.75 Å². The summed E-state index contributed by atoms with van der Waals surface area (Å²) < 4.78 is 44.4. The van der Waals surface area contributed by atoms with Crippen LogP contribution >= 0.6 is 15.9 Å². The highest BCUT2D eigenvalue weighted by Gasteiger charge is 2.27. The molecule has 0 bridgehead atoms. The SMILES string of the molecule is O=[N+]([O-])c1cc(CBr)ccc1OCOCC(F)(F)F. The molecule has 1 aromatic carbocycles. The molecule has 106 valence electrons. The minimum absolute atomic E-state index is 0.142. The Morgan fingerprint density at radius 3 is 2.58 bits per heavy atom. The minimum Gasteiger partial charge on any atom is -0.460 e. The quantitative estimate of drug-likeness (QED) is 0.261. The van der Waals surface area contributed by atoms with Gasteiger partial charge in [0.1, 0.15) is 6.61 Å². The summed E-state index contributed by atoms with van der Waals surface area (Å²) in [4.78, 5) is 10.1. The molecule has 0 heterocycles. The lowest BCUT2D eigenvalue weighted by atomic mass is 10.2. The van der Waals surface area contributed by atoms with Crippen molar-refractivity contribution in [2.75, 3.05) is 13.4 Å². The summed E-state index contributed by atoms with van der Waals surface area (Å²) in [6, 6.07) is 4.14. The van der Waals surface area contributed by atoms with Crippen LogP contribution in [0.3, 0.4) is 0 Å². The monoisotopic (exact) mass is 343 g/mol. The van der Waals surface area contributed by atoms with E-state index in [1.54, 1.807) is 6.07 Å². The maximum absolute atomic E-state index is 11.8. The average Bonchev–Trinajstić information content (AvgIpc) is 2.33. The van der Waals surface area contributed by atoms with Crippen molar-refractivity contribution in [2.45, 2.75) is 11.5 Å². The third kappa shape index (κ3) is 5.43. The van der Waals surface area contributed by atoms with Gasteiger partial charge < -0.3 is 9.47 Å². The molecule has 0 N–H and O–H groups in total. The molecule has 1 rings (SSSR count). The van der Waals surface area contributed by atoms with Gasteiger partial charge in [-0.05, 0) is 11.6 Å². The van der Waals surface area contributed by atoms with Crippen LogP contribution in [0.15, 0.2) is 18.2 Å². The van der Waals surface area contributed by atoms with Crippen LogP contribution in [0, 0.1) is 10.1 Å². The van der Waals surface area contributed by atoms with Crippen LogP contribution in [0.5, 0.6) is 5.75 Å². The Balaban J connectivity index is 2.65. The smallest absolute Gasteiger partial charge is 0.411 e. The molecule has 0 aliphatic rings. The van der Waals surface area contributed by atoms with Crippen LogP contribution in [-0.2, 0) is 10.1 Å².